The van der Waals surface area contributed by atoms with Gasteiger partial charge in [-0.1, -0.05) is 13.3 Å². The largest absolute Gasteiger partial charge is 0.481 e. The van der Waals surface area contributed by atoms with Crippen LogP contribution in [-0.4, -0.2) is 17.1 Å². The Hall–Kier alpha value is -1.51. The third-order valence-corrected chi connectivity index (χ3v) is 2.58. The van der Waals surface area contributed by atoms with Gasteiger partial charge in [-0.15, -0.1) is 0 Å². The van der Waals surface area contributed by atoms with E-state index in [1.54, 1.807) is 7.11 Å². The first-order chi connectivity index (χ1) is 7.35. The number of hydrogen-bond acceptors (Lipinski definition) is 2. The second-order valence-electron chi connectivity index (χ2n) is 3.67. The van der Waals surface area contributed by atoms with Gasteiger partial charge in [0.1, 0.15) is 0 Å². The highest BCUT2D eigenvalue weighted by molar-refractivity contribution is 5.79. The highest BCUT2D eigenvalue weighted by Gasteiger charge is 2.05. The summed E-state index contributed by atoms with van der Waals surface area (Å²) >= 11 is 0. The molecule has 80 valence electrons. The van der Waals surface area contributed by atoms with Gasteiger partial charge in [0.25, 0.3) is 0 Å². The Balaban J connectivity index is 2.38. The maximum Gasteiger partial charge on any atom is 0.213 e. The summed E-state index contributed by atoms with van der Waals surface area (Å²) in [5.41, 5.74) is 3.41. The topological polar surface area (TPSA) is 37.9 Å². The van der Waals surface area contributed by atoms with Crippen LogP contribution in [0.15, 0.2) is 18.3 Å². The Morgan fingerprint density at radius 1 is 1.40 bits per heavy atom. The maximum atomic E-state index is 5.13. The molecule has 0 spiro atoms. The van der Waals surface area contributed by atoms with Crippen molar-refractivity contribution in [2.45, 2.75) is 26.2 Å². The van der Waals surface area contributed by atoms with Gasteiger partial charge in [-0.25, -0.2) is 4.98 Å². The minimum Gasteiger partial charge on any atom is -0.481 e. The van der Waals surface area contributed by atoms with Crippen molar-refractivity contribution >= 4 is 11.0 Å². The number of nitrogens with one attached hydrogen (secondary N) is 1. The van der Waals surface area contributed by atoms with E-state index in [1.807, 2.05) is 18.3 Å². The smallest absolute Gasteiger partial charge is 0.213 e. The van der Waals surface area contributed by atoms with Gasteiger partial charge in [-0.3, -0.25) is 0 Å². The van der Waals surface area contributed by atoms with E-state index in [2.05, 4.69) is 16.9 Å². The van der Waals surface area contributed by atoms with Gasteiger partial charge in [0, 0.05) is 12.3 Å². The van der Waals surface area contributed by atoms with Gasteiger partial charge in [0.15, 0.2) is 0 Å². The predicted molar refractivity (Wildman–Crippen MR) is 61.3 cm³/mol. The van der Waals surface area contributed by atoms with Crippen LogP contribution in [0.4, 0.5) is 0 Å². The lowest BCUT2D eigenvalue weighted by Crippen LogP contribution is -1.89. The summed E-state index contributed by atoms with van der Waals surface area (Å²) in [4.78, 5) is 7.68. The first-order valence-corrected chi connectivity index (χ1v) is 5.36. The number of unbranched alkanes of at least 4 members (excludes halogenated alkanes) is 1. The molecule has 0 unspecified atom stereocenters. The molecule has 0 radical (unpaired) electrons. The monoisotopic (exact) mass is 204 g/mol. The molecule has 0 saturated carbocycles. The van der Waals surface area contributed by atoms with E-state index in [4.69, 9.17) is 4.74 Å². The Kier molecular flexibility index (Phi) is 2.90. The van der Waals surface area contributed by atoms with E-state index in [0.29, 0.717) is 5.88 Å². The predicted octanol–water partition coefficient (Wildman–Crippen LogP) is 2.91. The summed E-state index contributed by atoms with van der Waals surface area (Å²) in [7, 11) is 1.65. The van der Waals surface area contributed by atoms with Crippen molar-refractivity contribution in [2.24, 2.45) is 0 Å². The van der Waals surface area contributed by atoms with Crippen molar-refractivity contribution in [3.63, 3.8) is 0 Å². The molecule has 2 rings (SSSR count). The molecule has 0 aliphatic rings. The van der Waals surface area contributed by atoms with Crippen molar-refractivity contribution in [1.29, 1.82) is 0 Å². The summed E-state index contributed by atoms with van der Waals surface area (Å²) < 4.78 is 5.13. The molecule has 2 aromatic heterocycles. The van der Waals surface area contributed by atoms with Crippen LogP contribution < -0.4 is 4.74 Å². The highest BCUT2D eigenvalue weighted by atomic mass is 16.5. The minimum absolute atomic E-state index is 0.680. The second kappa shape index (κ2) is 4.34. The highest BCUT2D eigenvalue weighted by Crippen LogP contribution is 2.20. The number of nitrogens with zero attached hydrogens (tertiary/aromatic N) is 1. The molecule has 0 aliphatic carbocycles. The summed E-state index contributed by atoms with van der Waals surface area (Å²) in [5, 5.41) is 0. The van der Waals surface area contributed by atoms with E-state index in [-0.39, 0.29) is 0 Å². The Labute approximate surface area is 89.5 Å². The van der Waals surface area contributed by atoms with Crippen LogP contribution >= 0.6 is 0 Å². The average Bonchev–Trinajstić information content (AvgIpc) is 2.68. The molecule has 0 saturated heterocycles. The summed E-state index contributed by atoms with van der Waals surface area (Å²) in [5.74, 6) is 0.680. The number of aromatic amines is 1. The van der Waals surface area contributed by atoms with Crippen molar-refractivity contribution in [2.75, 3.05) is 7.11 Å². The van der Waals surface area contributed by atoms with Crippen LogP contribution in [0, 0.1) is 0 Å². The van der Waals surface area contributed by atoms with Gasteiger partial charge in [0.05, 0.1) is 18.1 Å². The SMILES string of the molecule is CCCCc1c[nH]c2ccc(OC)nc12. The van der Waals surface area contributed by atoms with Crippen LogP contribution in [0.25, 0.3) is 11.0 Å². The molecule has 2 aromatic rings. The quantitative estimate of drug-likeness (QED) is 0.831. The number of methoxy groups -OCH3 is 1. The van der Waals surface area contributed by atoms with Crippen LogP contribution in [0.1, 0.15) is 25.3 Å². The van der Waals surface area contributed by atoms with Gasteiger partial charge >= 0.3 is 0 Å². The lowest BCUT2D eigenvalue weighted by Gasteiger charge is -2.00. The zero-order valence-electron chi connectivity index (χ0n) is 9.21. The molecule has 3 nitrogen and oxygen atoms in total. The number of aromatic nitrogens is 2. The number of fused-ring (bicyclic) bond motifs is 1. The molecule has 0 aliphatic heterocycles. The molecule has 0 amide bonds. The summed E-state index contributed by atoms with van der Waals surface area (Å²) in [6, 6.07) is 3.89. The molecule has 1 N–H and O–H groups in total. The van der Waals surface area contributed by atoms with E-state index in [9.17, 15) is 0 Å². The van der Waals surface area contributed by atoms with E-state index in [1.165, 1.54) is 18.4 Å². The fourth-order valence-corrected chi connectivity index (χ4v) is 1.71. The number of rotatable bonds is 4. The van der Waals surface area contributed by atoms with Gasteiger partial charge in [0.2, 0.25) is 5.88 Å². The summed E-state index contributed by atoms with van der Waals surface area (Å²) in [6.07, 6.45) is 5.53. The Morgan fingerprint density at radius 2 is 2.27 bits per heavy atom. The molecule has 0 atom stereocenters. The fraction of sp³-hybridized carbons (Fsp3) is 0.417. The van der Waals surface area contributed by atoms with Crippen molar-refractivity contribution in [1.82, 2.24) is 9.97 Å². The van der Waals surface area contributed by atoms with Crippen LogP contribution in [0.5, 0.6) is 5.88 Å². The lowest BCUT2D eigenvalue weighted by molar-refractivity contribution is 0.399. The minimum atomic E-state index is 0.680. The zero-order valence-corrected chi connectivity index (χ0v) is 9.21. The van der Waals surface area contributed by atoms with E-state index >= 15 is 0 Å². The molecule has 3 heteroatoms. The van der Waals surface area contributed by atoms with E-state index in [0.717, 1.165) is 17.5 Å². The number of pyridine rings is 1. The molecule has 0 aromatic carbocycles. The molecule has 0 bridgehead atoms. The van der Waals surface area contributed by atoms with Gasteiger partial charge < -0.3 is 9.72 Å². The average molecular weight is 204 g/mol. The summed E-state index contributed by atoms with van der Waals surface area (Å²) in [6.45, 7) is 2.20. The molecular weight excluding hydrogens is 188 g/mol. The first-order valence-electron chi connectivity index (χ1n) is 5.36. The van der Waals surface area contributed by atoms with Crippen LogP contribution in [-0.2, 0) is 6.42 Å². The van der Waals surface area contributed by atoms with Crippen molar-refractivity contribution < 1.29 is 4.74 Å². The Bertz CT molecular complexity index is 448. The molecule has 2 heterocycles. The fourth-order valence-electron chi connectivity index (χ4n) is 1.71. The van der Waals surface area contributed by atoms with Crippen molar-refractivity contribution in [3.8, 4) is 5.88 Å². The van der Waals surface area contributed by atoms with E-state index < -0.39 is 0 Å². The van der Waals surface area contributed by atoms with Gasteiger partial charge in [-0.05, 0) is 24.5 Å². The standard InChI is InChI=1S/C12H16N2O/c1-3-4-5-9-8-13-10-6-7-11(15-2)14-12(9)10/h6-8,13H,3-5H2,1-2H3. The lowest BCUT2D eigenvalue weighted by atomic mass is 10.1. The number of ether oxygens (including phenoxy) is 1. The first kappa shape index (κ1) is 10.0. The second-order valence-corrected chi connectivity index (χ2v) is 3.67. The third kappa shape index (κ3) is 1.96. The molecule has 15 heavy (non-hydrogen) atoms. The molecular formula is C12H16N2O. The zero-order chi connectivity index (χ0) is 10.7. The normalized spacial score (nSPS) is 10.8. The third-order valence-electron chi connectivity index (χ3n) is 2.58. The Morgan fingerprint density at radius 3 is 3.00 bits per heavy atom. The van der Waals surface area contributed by atoms with Crippen molar-refractivity contribution in [3.05, 3.63) is 23.9 Å². The number of aryl methyl sites for hydroxylation is 1. The van der Waals surface area contributed by atoms with Gasteiger partial charge in [-0.2, -0.15) is 0 Å². The van der Waals surface area contributed by atoms with Crippen LogP contribution in [0.2, 0.25) is 0 Å². The number of H-pyrrole nitrogens is 1. The number of hydrogen-bond donors (Lipinski definition) is 1. The van der Waals surface area contributed by atoms with Crippen LogP contribution in [0.3, 0.4) is 0 Å². The maximum absolute atomic E-state index is 5.13. The molecule has 0 fully saturated rings.